The van der Waals surface area contributed by atoms with Crippen molar-refractivity contribution in [2.75, 3.05) is 0 Å². The molecule has 0 saturated heterocycles. The highest BCUT2D eigenvalue weighted by molar-refractivity contribution is 7.11. The van der Waals surface area contributed by atoms with Crippen molar-refractivity contribution in [3.63, 3.8) is 0 Å². The van der Waals surface area contributed by atoms with E-state index in [1.807, 2.05) is 11.4 Å². The number of hydrogen-bond donors (Lipinski definition) is 0. The second-order valence-corrected chi connectivity index (χ2v) is 5.96. The second kappa shape index (κ2) is 4.02. The summed E-state index contributed by atoms with van der Waals surface area (Å²) in [6, 6.07) is 4.09. The average Bonchev–Trinajstić information content (AvgIpc) is 2.67. The van der Waals surface area contributed by atoms with E-state index in [1.165, 1.54) is 4.88 Å². The van der Waals surface area contributed by atoms with Crippen LogP contribution >= 0.6 is 11.3 Å². The van der Waals surface area contributed by atoms with E-state index in [1.54, 1.807) is 11.3 Å². The number of carbonyl (C=O) groups excluding carboxylic acids is 1. The summed E-state index contributed by atoms with van der Waals surface area (Å²) in [5.41, 5.74) is 2.27. The molecule has 16 heavy (non-hydrogen) atoms. The molecule has 0 spiro atoms. The zero-order valence-corrected chi connectivity index (χ0v) is 10.5. The summed E-state index contributed by atoms with van der Waals surface area (Å²) in [5, 5.41) is 2.04. The second-order valence-electron chi connectivity index (χ2n) is 5.01. The van der Waals surface area contributed by atoms with Gasteiger partial charge in [0.25, 0.3) is 0 Å². The number of rotatable bonds is 2. The first-order valence-electron chi connectivity index (χ1n) is 5.43. The average molecular weight is 232 g/mol. The van der Waals surface area contributed by atoms with Gasteiger partial charge >= 0.3 is 0 Å². The molecule has 0 amide bonds. The van der Waals surface area contributed by atoms with E-state index in [2.05, 4.69) is 32.6 Å². The molecule has 1 atom stereocenters. The lowest BCUT2D eigenvalue weighted by Gasteiger charge is -2.32. The van der Waals surface area contributed by atoms with E-state index in [4.69, 9.17) is 0 Å². The smallest absolute Gasteiger partial charge is 0.131 e. The van der Waals surface area contributed by atoms with Crippen molar-refractivity contribution in [2.45, 2.75) is 20.3 Å². The van der Waals surface area contributed by atoms with Crippen LogP contribution in [0.1, 0.15) is 25.1 Å². The number of allylic oxidation sites excluding steroid dienone is 3. The lowest BCUT2D eigenvalue weighted by molar-refractivity contribution is -0.109. The lowest BCUT2D eigenvalue weighted by Crippen LogP contribution is -2.22. The summed E-state index contributed by atoms with van der Waals surface area (Å²) < 4.78 is 0. The molecule has 2 rings (SSSR count). The van der Waals surface area contributed by atoms with Crippen LogP contribution < -0.4 is 0 Å². The van der Waals surface area contributed by atoms with Crippen LogP contribution in [0.4, 0.5) is 0 Å². The molecule has 1 aliphatic carbocycles. The Bertz CT molecular complexity index is 437. The number of aldehydes is 1. The van der Waals surface area contributed by atoms with E-state index in [9.17, 15) is 4.79 Å². The third kappa shape index (κ3) is 2.03. The first-order chi connectivity index (χ1) is 7.53. The molecule has 0 aliphatic heterocycles. The van der Waals surface area contributed by atoms with Crippen molar-refractivity contribution < 1.29 is 4.79 Å². The maximum Gasteiger partial charge on any atom is 0.131 e. The molecule has 0 fully saturated rings. The Morgan fingerprint density at radius 1 is 1.56 bits per heavy atom. The molecule has 0 N–H and O–H groups in total. The highest BCUT2D eigenvalue weighted by Crippen LogP contribution is 2.43. The van der Waals surface area contributed by atoms with Gasteiger partial charge in [-0.2, -0.15) is 0 Å². The van der Waals surface area contributed by atoms with Crippen LogP contribution in [0.15, 0.2) is 35.7 Å². The Kier molecular flexibility index (Phi) is 2.85. The van der Waals surface area contributed by atoms with Gasteiger partial charge in [0.2, 0.25) is 0 Å². The van der Waals surface area contributed by atoms with Crippen LogP contribution in [0.5, 0.6) is 0 Å². The van der Waals surface area contributed by atoms with Gasteiger partial charge in [-0.15, -0.1) is 11.3 Å². The summed E-state index contributed by atoms with van der Waals surface area (Å²) in [6.07, 6.45) is 4.14. The van der Waals surface area contributed by atoms with Gasteiger partial charge in [-0.25, -0.2) is 0 Å². The quantitative estimate of drug-likeness (QED) is 0.557. The molecular weight excluding hydrogens is 216 g/mol. The van der Waals surface area contributed by atoms with Gasteiger partial charge in [-0.3, -0.25) is 0 Å². The van der Waals surface area contributed by atoms with Crippen LogP contribution in [-0.2, 0) is 4.79 Å². The van der Waals surface area contributed by atoms with Crippen molar-refractivity contribution in [1.82, 2.24) is 0 Å². The SMILES string of the molecule is C=C1CC(C)(C)C=C(c2cccs2)C1C=O. The number of carbonyl (C=O) groups is 1. The monoisotopic (exact) mass is 232 g/mol. The maximum atomic E-state index is 11.2. The van der Waals surface area contributed by atoms with E-state index < -0.39 is 0 Å². The Hall–Kier alpha value is -1.15. The van der Waals surface area contributed by atoms with Crippen molar-refractivity contribution in [3.8, 4) is 0 Å². The first kappa shape index (κ1) is 11.3. The predicted molar refractivity (Wildman–Crippen MR) is 69.4 cm³/mol. The molecule has 1 aromatic rings. The summed E-state index contributed by atoms with van der Waals surface area (Å²) in [5.74, 6) is -0.119. The largest absolute Gasteiger partial charge is 0.302 e. The molecule has 1 unspecified atom stereocenters. The van der Waals surface area contributed by atoms with Gasteiger partial charge < -0.3 is 4.79 Å². The summed E-state index contributed by atoms with van der Waals surface area (Å²) in [4.78, 5) is 12.4. The molecule has 1 heterocycles. The lowest BCUT2D eigenvalue weighted by atomic mass is 9.72. The zero-order valence-electron chi connectivity index (χ0n) is 9.69. The van der Waals surface area contributed by atoms with Crippen molar-refractivity contribution in [1.29, 1.82) is 0 Å². The topological polar surface area (TPSA) is 17.1 Å². The predicted octanol–water partition coefficient (Wildman–Crippen LogP) is 3.93. The molecule has 1 aromatic heterocycles. The molecule has 0 bridgehead atoms. The van der Waals surface area contributed by atoms with Crippen LogP contribution in [0.25, 0.3) is 5.57 Å². The van der Waals surface area contributed by atoms with E-state index in [-0.39, 0.29) is 11.3 Å². The third-order valence-corrected chi connectivity index (χ3v) is 3.86. The number of thiophene rings is 1. The van der Waals surface area contributed by atoms with E-state index in [0.29, 0.717) is 0 Å². The van der Waals surface area contributed by atoms with Gasteiger partial charge in [0.05, 0.1) is 5.92 Å². The minimum absolute atomic E-state index is 0.107. The zero-order chi connectivity index (χ0) is 11.8. The summed E-state index contributed by atoms with van der Waals surface area (Å²) in [7, 11) is 0. The van der Waals surface area contributed by atoms with Crippen molar-refractivity contribution >= 4 is 23.2 Å². The maximum absolute atomic E-state index is 11.2. The first-order valence-corrected chi connectivity index (χ1v) is 6.31. The molecule has 0 saturated carbocycles. The Morgan fingerprint density at radius 3 is 2.88 bits per heavy atom. The fourth-order valence-corrected chi connectivity index (χ4v) is 3.10. The Labute approximate surface area is 100 Å². The third-order valence-electron chi connectivity index (χ3n) is 2.95. The molecule has 1 aliphatic rings. The van der Waals surface area contributed by atoms with Crippen LogP contribution in [0, 0.1) is 11.3 Å². The number of hydrogen-bond acceptors (Lipinski definition) is 2. The van der Waals surface area contributed by atoms with Crippen molar-refractivity contribution in [2.24, 2.45) is 11.3 Å². The molecule has 2 heteroatoms. The van der Waals surface area contributed by atoms with Gasteiger partial charge in [0, 0.05) is 4.88 Å². The Balaban J connectivity index is 2.49. The normalized spacial score (nSPS) is 24.0. The molecule has 84 valence electrons. The minimum Gasteiger partial charge on any atom is -0.302 e. The molecular formula is C14H16OS. The Morgan fingerprint density at radius 2 is 2.31 bits per heavy atom. The van der Waals surface area contributed by atoms with Gasteiger partial charge in [-0.1, -0.05) is 38.1 Å². The molecule has 0 radical (unpaired) electrons. The van der Waals surface area contributed by atoms with Crippen LogP contribution in [-0.4, -0.2) is 6.29 Å². The van der Waals surface area contributed by atoms with Gasteiger partial charge in [-0.05, 0) is 28.9 Å². The highest BCUT2D eigenvalue weighted by atomic mass is 32.1. The standard InChI is InChI=1S/C14H16OS/c1-10-7-14(2,3)8-11(12(10)9-15)13-5-4-6-16-13/h4-6,8-9,12H,1,7H2,2-3H3. The van der Waals surface area contributed by atoms with Gasteiger partial charge in [0.15, 0.2) is 0 Å². The fraction of sp³-hybridized carbons (Fsp3) is 0.357. The van der Waals surface area contributed by atoms with Gasteiger partial charge in [0.1, 0.15) is 6.29 Å². The fourth-order valence-electron chi connectivity index (χ4n) is 2.31. The van der Waals surface area contributed by atoms with E-state index >= 15 is 0 Å². The molecule has 1 nitrogen and oxygen atoms in total. The van der Waals surface area contributed by atoms with Crippen LogP contribution in [0.2, 0.25) is 0 Å². The summed E-state index contributed by atoms with van der Waals surface area (Å²) in [6.45, 7) is 8.43. The highest BCUT2D eigenvalue weighted by Gasteiger charge is 2.31. The van der Waals surface area contributed by atoms with E-state index in [0.717, 1.165) is 23.9 Å². The summed E-state index contributed by atoms with van der Waals surface area (Å²) >= 11 is 1.68. The minimum atomic E-state index is -0.119. The van der Waals surface area contributed by atoms with Crippen LogP contribution in [0.3, 0.4) is 0 Å². The molecule has 0 aromatic carbocycles. The van der Waals surface area contributed by atoms with Crippen molar-refractivity contribution in [3.05, 3.63) is 40.6 Å².